The van der Waals surface area contributed by atoms with Crippen molar-refractivity contribution in [1.29, 1.82) is 0 Å². The largest absolute Gasteiger partial charge is 0.508 e. The van der Waals surface area contributed by atoms with Gasteiger partial charge in [-0.1, -0.05) is 6.07 Å². The fourth-order valence-corrected chi connectivity index (χ4v) is 8.20. The topological polar surface area (TPSA) is 261 Å². The van der Waals surface area contributed by atoms with Gasteiger partial charge in [0.05, 0.1) is 11.4 Å². The Morgan fingerprint density at radius 1 is 0.512 bits per heavy atom. The molecule has 0 atom stereocenters. The van der Waals surface area contributed by atoms with Gasteiger partial charge in [-0.2, -0.15) is 5.10 Å². The minimum atomic E-state index is -0.0840. The number of aldehydes is 3. The maximum Gasteiger partial charge on any atom is 0.188 e. The summed E-state index contributed by atoms with van der Waals surface area (Å²) in [5, 5.41) is 22.7. The Morgan fingerprint density at radius 2 is 0.988 bits per heavy atom. The molecule has 12 rings (SSSR count). The van der Waals surface area contributed by atoms with Gasteiger partial charge >= 0.3 is 0 Å². The summed E-state index contributed by atoms with van der Waals surface area (Å²) in [6.45, 7) is 9.70. The number of rotatable bonds is 14. The third-order valence-corrected chi connectivity index (χ3v) is 11.9. The van der Waals surface area contributed by atoms with Gasteiger partial charge in [-0.25, -0.2) is 0 Å². The standard InChI is InChI=1S/C21H21N3O4.C11H12O5.C10H12O4.C9H8O4.C8H8O3/c1-14(2)24-17(7-9-23-24)20-15(4-3-8-22-20)13-28-18-5-6-19-21(16(18)12-25)27-11-10-26-19;1-13-7-16-9-2-3-10-11(8(9)6-12)15-5-4-14-10;1-11-7-14-8-2-3-9-10(6-8)13-5-4-12-9;10-5-6-7(11)1-2-8-9(6)13-4-3-12-8;9-6-1-2-7-8(5-6)11-4-3-10-7/h3-9,12,14H,10-11,13H2,1-2H3;2-3,6H,4-5,7H2,1H3;2-3,6H,4-5,7H2,1H3;1-2,5,11H,3-4H2;1-2,5,9H,3-4H2. The van der Waals surface area contributed by atoms with Crippen LogP contribution in [-0.4, -0.2) is 138 Å². The smallest absolute Gasteiger partial charge is 0.188 e. The summed E-state index contributed by atoms with van der Waals surface area (Å²) in [6, 6.07) is 26.1. The summed E-state index contributed by atoms with van der Waals surface area (Å²) >= 11 is 0. The van der Waals surface area contributed by atoms with Crippen LogP contribution < -0.4 is 61.6 Å². The first-order valence-electron chi connectivity index (χ1n) is 25.8. The Kier molecular flexibility index (Phi) is 21.1. The molecule has 0 radical (unpaired) electrons. The Hall–Kier alpha value is -9.61. The Labute approximate surface area is 471 Å². The molecule has 0 spiro atoms. The number of carbonyl (C=O) groups is 3. The molecule has 2 aromatic heterocycles. The molecule has 0 aliphatic carbocycles. The van der Waals surface area contributed by atoms with E-state index in [1.165, 1.54) is 13.2 Å². The number of benzene rings is 5. The van der Waals surface area contributed by atoms with E-state index in [2.05, 4.69) is 23.9 Å². The highest BCUT2D eigenvalue weighted by Gasteiger charge is 2.23. The lowest BCUT2D eigenvalue weighted by molar-refractivity contribution is 0.0499. The molecule has 2 N–H and O–H groups in total. The van der Waals surface area contributed by atoms with E-state index < -0.39 is 0 Å². The van der Waals surface area contributed by atoms with Crippen molar-refractivity contribution in [1.82, 2.24) is 14.8 Å². The number of hydrogen-bond acceptors (Lipinski definition) is 22. The molecule has 0 fully saturated rings. The lowest BCUT2D eigenvalue weighted by Crippen LogP contribution is -2.17. The van der Waals surface area contributed by atoms with Gasteiger partial charge in [-0.3, -0.25) is 24.0 Å². The average molecular weight is 1130 g/mol. The van der Waals surface area contributed by atoms with Gasteiger partial charge < -0.3 is 81.3 Å². The first-order valence-corrected chi connectivity index (χ1v) is 25.8. The van der Waals surface area contributed by atoms with Crippen molar-refractivity contribution in [3.63, 3.8) is 0 Å². The van der Waals surface area contributed by atoms with Crippen LogP contribution in [0.4, 0.5) is 0 Å². The zero-order valence-corrected chi connectivity index (χ0v) is 45.4. The molecule has 0 amide bonds. The maximum absolute atomic E-state index is 11.6. The van der Waals surface area contributed by atoms with Crippen molar-refractivity contribution < 1.29 is 95.6 Å². The molecule has 5 aromatic carbocycles. The normalized spacial score (nSPS) is 13.5. The first kappa shape index (κ1) is 58.5. The fraction of sp³-hybridized carbons (Fsp3) is 0.305. The molecular formula is C59H61N3O20. The van der Waals surface area contributed by atoms with E-state index >= 15 is 0 Å². The van der Waals surface area contributed by atoms with Crippen LogP contribution in [-0.2, 0) is 16.1 Å². The van der Waals surface area contributed by atoms with Crippen LogP contribution >= 0.6 is 0 Å². The van der Waals surface area contributed by atoms with Crippen LogP contribution in [0.3, 0.4) is 0 Å². The molecule has 0 saturated heterocycles. The number of fused-ring (bicyclic) bond motifs is 5. The predicted octanol–water partition coefficient (Wildman–Crippen LogP) is 8.52. The number of methoxy groups -OCH3 is 2. The molecule has 0 bridgehead atoms. The molecule has 0 unspecified atom stereocenters. The number of hydrogen-bond donors (Lipinski definition) is 2. The number of aromatic nitrogens is 3. The highest BCUT2D eigenvalue weighted by Crippen LogP contribution is 2.41. The van der Waals surface area contributed by atoms with E-state index in [0.717, 1.165) is 40.5 Å². The second-order valence-corrected chi connectivity index (χ2v) is 17.7. The first-order chi connectivity index (χ1) is 40.1. The van der Waals surface area contributed by atoms with Gasteiger partial charge in [0.2, 0.25) is 0 Å². The van der Waals surface area contributed by atoms with Crippen LogP contribution in [0.5, 0.6) is 86.2 Å². The molecule has 5 aliphatic rings. The molecule has 23 heteroatoms. The monoisotopic (exact) mass is 1130 g/mol. The summed E-state index contributed by atoms with van der Waals surface area (Å²) in [6.07, 6.45) is 5.50. The van der Waals surface area contributed by atoms with E-state index in [4.69, 9.17) is 76.2 Å². The number of phenolic OH excluding ortho intramolecular Hbond substituents is 2. The summed E-state index contributed by atoms with van der Waals surface area (Å²) in [5.41, 5.74) is 3.49. The molecule has 0 saturated carbocycles. The molecule has 82 heavy (non-hydrogen) atoms. The van der Waals surface area contributed by atoms with Gasteiger partial charge in [0, 0.05) is 50.4 Å². The summed E-state index contributed by atoms with van der Waals surface area (Å²) < 4.78 is 81.5. The fourth-order valence-electron chi connectivity index (χ4n) is 8.20. The third kappa shape index (κ3) is 15.0. The third-order valence-electron chi connectivity index (χ3n) is 11.9. The van der Waals surface area contributed by atoms with E-state index in [9.17, 15) is 19.5 Å². The quantitative estimate of drug-likeness (QED) is 0.0763. The van der Waals surface area contributed by atoms with Crippen LogP contribution in [0.25, 0.3) is 11.4 Å². The van der Waals surface area contributed by atoms with Crippen LogP contribution in [0.1, 0.15) is 56.5 Å². The van der Waals surface area contributed by atoms with Crippen molar-refractivity contribution >= 4 is 18.9 Å². The number of pyridine rings is 1. The second-order valence-electron chi connectivity index (χ2n) is 17.7. The minimum Gasteiger partial charge on any atom is -0.508 e. The number of carbonyl (C=O) groups excluding carboxylic acids is 3. The van der Waals surface area contributed by atoms with Gasteiger partial charge in [0.25, 0.3) is 0 Å². The second kappa shape index (κ2) is 29.6. The van der Waals surface area contributed by atoms with E-state index in [-0.39, 0.29) is 43.3 Å². The Morgan fingerprint density at radius 3 is 1.55 bits per heavy atom. The Balaban J connectivity index is 0.000000141. The maximum atomic E-state index is 11.6. The lowest BCUT2D eigenvalue weighted by Gasteiger charge is -2.21. The minimum absolute atomic E-state index is 0.0838. The van der Waals surface area contributed by atoms with E-state index in [1.54, 1.807) is 74.1 Å². The molecule has 7 aromatic rings. The highest BCUT2D eigenvalue weighted by molar-refractivity contribution is 5.87. The summed E-state index contributed by atoms with van der Waals surface area (Å²) in [4.78, 5) is 37.8. The Bertz CT molecular complexity index is 3260. The van der Waals surface area contributed by atoms with E-state index in [1.807, 2.05) is 35.0 Å². The van der Waals surface area contributed by atoms with Gasteiger partial charge in [-0.05, 0) is 86.6 Å². The van der Waals surface area contributed by atoms with Gasteiger partial charge in [0.15, 0.2) is 89.9 Å². The van der Waals surface area contributed by atoms with Gasteiger partial charge in [-0.15, -0.1) is 0 Å². The summed E-state index contributed by atoms with van der Waals surface area (Å²) in [5.74, 6) is 7.38. The number of aromatic hydroxyl groups is 2. The average Bonchev–Trinajstić information content (AvgIpc) is 4.09. The molecule has 23 nitrogen and oxygen atoms in total. The van der Waals surface area contributed by atoms with Crippen molar-refractivity contribution in [2.45, 2.75) is 26.5 Å². The molecule has 5 aliphatic heterocycles. The number of ether oxygens (including phenoxy) is 15. The molecule has 7 heterocycles. The summed E-state index contributed by atoms with van der Waals surface area (Å²) in [7, 11) is 3.09. The zero-order valence-electron chi connectivity index (χ0n) is 45.4. The predicted molar refractivity (Wildman–Crippen MR) is 292 cm³/mol. The van der Waals surface area contributed by atoms with Crippen molar-refractivity contribution in [2.24, 2.45) is 0 Å². The molecule has 432 valence electrons. The SMILES string of the molecule is CC(C)n1nccc1-c1ncccc1COc1ccc2c(c1C=O)OCCO2.COCOc1ccc2c(c1)OCCO2.COCOc1ccc2c(c1C=O)OCCO2.O=Cc1c(O)ccc2c1OCCO2.Oc1ccc2c(c1)OCCO2. The van der Waals surface area contributed by atoms with Crippen LogP contribution in [0, 0.1) is 0 Å². The van der Waals surface area contributed by atoms with Crippen molar-refractivity contribution in [3.8, 4) is 97.6 Å². The zero-order chi connectivity index (χ0) is 57.6. The lowest BCUT2D eigenvalue weighted by atomic mass is 10.1. The van der Waals surface area contributed by atoms with Crippen LogP contribution in [0.15, 0.2) is 103 Å². The van der Waals surface area contributed by atoms with E-state index in [0.29, 0.717) is 147 Å². The number of phenols is 2. The van der Waals surface area contributed by atoms with Crippen LogP contribution in [0.2, 0.25) is 0 Å². The van der Waals surface area contributed by atoms with Crippen molar-refractivity contribution in [3.05, 3.63) is 126 Å². The molecular weight excluding hydrogens is 1070 g/mol. The van der Waals surface area contributed by atoms with Crippen molar-refractivity contribution in [2.75, 3.05) is 93.9 Å². The highest BCUT2D eigenvalue weighted by atomic mass is 16.7. The number of nitrogens with zero attached hydrogens (tertiary/aromatic N) is 3. The van der Waals surface area contributed by atoms with Gasteiger partial charge in [0.1, 0.15) is 118 Å².